The van der Waals surface area contributed by atoms with Gasteiger partial charge in [-0.05, 0) is 12.8 Å². The van der Waals surface area contributed by atoms with Crippen LogP contribution in [0.4, 0.5) is 36.8 Å². The number of rotatable bonds is 4. The third-order valence-corrected chi connectivity index (χ3v) is 7.61. The number of sulfonamides is 1. The Kier molecular flexibility index (Phi) is 6.03. The van der Waals surface area contributed by atoms with Crippen molar-refractivity contribution >= 4 is 21.8 Å². The summed E-state index contributed by atoms with van der Waals surface area (Å²) < 4.78 is 113. The van der Waals surface area contributed by atoms with Crippen LogP contribution in [0.5, 0.6) is 0 Å². The van der Waals surface area contributed by atoms with Crippen molar-refractivity contribution < 1.29 is 44.3 Å². The molecule has 6 nitrogen and oxygen atoms in total. The van der Waals surface area contributed by atoms with E-state index in [1.165, 1.54) is 11.0 Å². The molecule has 2 aromatic carbocycles. The molecule has 2 aromatic rings. The second kappa shape index (κ2) is 8.52. The molecule has 178 valence electrons. The third kappa shape index (κ3) is 3.72. The van der Waals surface area contributed by atoms with Gasteiger partial charge in [-0.25, -0.2) is 39.6 Å². The molecule has 0 spiro atoms. The quantitative estimate of drug-likeness (QED) is 0.364. The molecule has 0 radical (unpaired) electrons. The Morgan fingerprint density at radius 1 is 0.939 bits per heavy atom. The maximum atomic E-state index is 14.1. The highest BCUT2D eigenvalue weighted by molar-refractivity contribution is 7.89. The van der Waals surface area contributed by atoms with Crippen LogP contribution >= 0.6 is 0 Å². The van der Waals surface area contributed by atoms with Crippen molar-refractivity contribution in [3.05, 3.63) is 58.4 Å². The number of nitrogens with zero attached hydrogens (tertiary/aromatic N) is 2. The van der Waals surface area contributed by atoms with E-state index in [0.717, 1.165) is 0 Å². The van der Waals surface area contributed by atoms with E-state index in [1.54, 1.807) is 12.1 Å². The third-order valence-electron chi connectivity index (χ3n) is 5.69. The summed E-state index contributed by atoms with van der Waals surface area (Å²) in [7, 11) is -5.08. The number of fused-ring (bicyclic) bond motifs is 1. The summed E-state index contributed by atoms with van der Waals surface area (Å²) in [5.41, 5.74) is 1.11. The van der Waals surface area contributed by atoms with E-state index in [0.29, 0.717) is 15.6 Å². The highest BCUT2D eigenvalue weighted by Crippen LogP contribution is 2.37. The summed E-state index contributed by atoms with van der Waals surface area (Å²) in [6.45, 7) is -1.70. The van der Waals surface area contributed by atoms with Gasteiger partial charge in [0.2, 0.25) is 15.8 Å². The SMILES string of the molecule is O=C1OCc2cccc(CF)c2N1C1CCN(S(=O)(=O)c2c(F)c(F)c(F)c(F)c2F)CC1. The number of hydrogen-bond donors (Lipinski definition) is 0. The minimum absolute atomic E-state index is 0.0518. The van der Waals surface area contributed by atoms with Crippen molar-refractivity contribution in [2.24, 2.45) is 0 Å². The van der Waals surface area contributed by atoms with E-state index in [-0.39, 0.29) is 38.1 Å². The van der Waals surface area contributed by atoms with Crippen LogP contribution in [-0.4, -0.2) is 37.9 Å². The van der Waals surface area contributed by atoms with Crippen molar-refractivity contribution in [1.82, 2.24) is 4.31 Å². The van der Waals surface area contributed by atoms with Gasteiger partial charge < -0.3 is 4.74 Å². The van der Waals surface area contributed by atoms with Gasteiger partial charge in [0.15, 0.2) is 28.2 Å². The number of para-hydroxylation sites is 1. The zero-order valence-electron chi connectivity index (χ0n) is 16.8. The highest BCUT2D eigenvalue weighted by atomic mass is 32.2. The number of amides is 1. The summed E-state index contributed by atoms with van der Waals surface area (Å²) in [4.78, 5) is 11.7. The molecular formula is C20H16F6N2O4S. The predicted molar refractivity (Wildman–Crippen MR) is 102 cm³/mol. The molecule has 1 amide bonds. The lowest BCUT2D eigenvalue weighted by molar-refractivity contribution is 0.135. The first-order valence-corrected chi connectivity index (χ1v) is 11.2. The van der Waals surface area contributed by atoms with Crippen molar-refractivity contribution in [2.45, 2.75) is 37.1 Å². The molecule has 2 aliphatic rings. The fourth-order valence-electron chi connectivity index (χ4n) is 4.09. The first-order valence-electron chi connectivity index (χ1n) is 9.73. The normalized spacial score (nSPS) is 17.8. The van der Waals surface area contributed by atoms with Crippen molar-refractivity contribution in [3.8, 4) is 0 Å². The summed E-state index contributed by atoms with van der Waals surface area (Å²) >= 11 is 0. The Bertz CT molecular complexity index is 1190. The molecule has 2 aliphatic heterocycles. The second-order valence-corrected chi connectivity index (χ2v) is 9.39. The number of carbonyl (C=O) groups excluding carboxylic acids is 1. The molecule has 0 aromatic heterocycles. The largest absolute Gasteiger partial charge is 0.444 e. The lowest BCUT2D eigenvalue weighted by atomic mass is 9.99. The number of ether oxygens (including phenoxy) is 1. The second-order valence-electron chi connectivity index (χ2n) is 7.52. The van der Waals surface area contributed by atoms with E-state index >= 15 is 0 Å². The van der Waals surface area contributed by atoms with Crippen LogP contribution in [0.25, 0.3) is 0 Å². The van der Waals surface area contributed by atoms with Gasteiger partial charge in [0, 0.05) is 30.3 Å². The van der Waals surface area contributed by atoms with Crippen LogP contribution in [0.1, 0.15) is 24.0 Å². The molecule has 0 N–H and O–H groups in total. The fraction of sp³-hybridized carbons (Fsp3) is 0.350. The van der Waals surface area contributed by atoms with Gasteiger partial charge in [-0.1, -0.05) is 18.2 Å². The van der Waals surface area contributed by atoms with Crippen LogP contribution in [0.3, 0.4) is 0 Å². The molecule has 33 heavy (non-hydrogen) atoms. The molecule has 4 rings (SSSR count). The Balaban J connectivity index is 1.62. The van der Waals surface area contributed by atoms with E-state index in [1.807, 2.05) is 0 Å². The van der Waals surface area contributed by atoms with Gasteiger partial charge in [0.1, 0.15) is 13.3 Å². The van der Waals surface area contributed by atoms with E-state index in [9.17, 15) is 39.6 Å². The number of piperidine rings is 1. The number of anilines is 1. The Morgan fingerprint density at radius 2 is 1.52 bits per heavy atom. The van der Waals surface area contributed by atoms with Gasteiger partial charge in [-0.15, -0.1) is 0 Å². The van der Waals surface area contributed by atoms with Crippen molar-refractivity contribution in [1.29, 1.82) is 0 Å². The molecular weight excluding hydrogens is 478 g/mol. The average molecular weight is 494 g/mol. The first-order chi connectivity index (χ1) is 15.6. The standard InChI is InChI=1S/C20H16F6N2O4S/c21-8-10-2-1-3-11-9-32-20(29)28(18(10)11)12-4-6-27(7-5-12)33(30,31)19-16(25)14(23)13(22)15(24)17(19)26/h1-3,12H,4-9H2. The molecule has 0 atom stereocenters. The van der Waals surface area contributed by atoms with E-state index in [4.69, 9.17) is 4.74 Å². The smallest absolute Gasteiger partial charge is 0.414 e. The van der Waals surface area contributed by atoms with Gasteiger partial charge in [0.25, 0.3) is 0 Å². The first kappa shape index (κ1) is 23.4. The highest BCUT2D eigenvalue weighted by Gasteiger charge is 2.41. The summed E-state index contributed by atoms with van der Waals surface area (Å²) in [5.74, 6) is -12.1. The summed E-state index contributed by atoms with van der Waals surface area (Å²) in [6, 6.07) is 4.10. The van der Waals surface area contributed by atoms with Crippen LogP contribution in [0, 0.1) is 29.1 Å². The molecule has 13 heteroatoms. The van der Waals surface area contributed by atoms with E-state index < -0.39 is 62.8 Å². The van der Waals surface area contributed by atoms with Crippen molar-refractivity contribution in [2.75, 3.05) is 18.0 Å². The number of halogens is 6. The summed E-state index contributed by atoms with van der Waals surface area (Å²) in [6.07, 6.45) is -0.863. The summed E-state index contributed by atoms with van der Waals surface area (Å²) in [5, 5.41) is 0. The zero-order chi connectivity index (χ0) is 24.1. The van der Waals surface area contributed by atoms with Gasteiger partial charge in [0.05, 0.1) is 5.69 Å². The Morgan fingerprint density at radius 3 is 2.09 bits per heavy atom. The molecule has 0 bridgehead atoms. The van der Waals surface area contributed by atoms with Crippen LogP contribution in [0.2, 0.25) is 0 Å². The topological polar surface area (TPSA) is 66.9 Å². The number of cyclic esters (lactones) is 1. The number of alkyl halides is 1. The maximum Gasteiger partial charge on any atom is 0.414 e. The number of hydrogen-bond acceptors (Lipinski definition) is 4. The molecule has 1 saturated heterocycles. The fourth-order valence-corrected chi connectivity index (χ4v) is 5.67. The molecule has 2 heterocycles. The molecule has 1 fully saturated rings. The van der Waals surface area contributed by atoms with Gasteiger partial charge >= 0.3 is 6.09 Å². The minimum atomic E-state index is -5.08. The Labute approximate surface area is 184 Å². The maximum absolute atomic E-state index is 14.1. The van der Waals surface area contributed by atoms with Crippen LogP contribution in [0.15, 0.2) is 23.1 Å². The van der Waals surface area contributed by atoms with Crippen LogP contribution < -0.4 is 4.90 Å². The van der Waals surface area contributed by atoms with Crippen molar-refractivity contribution in [3.63, 3.8) is 0 Å². The minimum Gasteiger partial charge on any atom is -0.444 e. The number of benzene rings is 2. The zero-order valence-corrected chi connectivity index (χ0v) is 17.6. The number of carbonyl (C=O) groups is 1. The average Bonchev–Trinajstić information content (AvgIpc) is 2.81. The lowest BCUT2D eigenvalue weighted by Crippen LogP contribution is -2.51. The Hall–Kier alpha value is -2.80. The molecule has 0 aliphatic carbocycles. The predicted octanol–water partition coefficient (Wildman–Crippen LogP) is 4.16. The monoisotopic (exact) mass is 494 g/mol. The van der Waals surface area contributed by atoms with Gasteiger partial charge in [-0.2, -0.15) is 4.31 Å². The molecule has 0 unspecified atom stereocenters. The van der Waals surface area contributed by atoms with Gasteiger partial charge in [-0.3, -0.25) is 4.90 Å². The van der Waals surface area contributed by atoms with E-state index in [2.05, 4.69) is 0 Å². The molecule has 0 saturated carbocycles. The lowest BCUT2D eigenvalue weighted by Gasteiger charge is -2.40. The van der Waals surface area contributed by atoms with Crippen LogP contribution in [-0.2, 0) is 28.0 Å².